The molecule has 6 heteroatoms. The van der Waals surface area contributed by atoms with E-state index in [0.29, 0.717) is 18.8 Å². The summed E-state index contributed by atoms with van der Waals surface area (Å²) in [5, 5.41) is 4.50. The molecule has 2 aromatic carbocycles. The number of nitrogens with zero attached hydrogens (tertiary/aromatic N) is 4. The molecule has 30 heavy (non-hydrogen) atoms. The summed E-state index contributed by atoms with van der Waals surface area (Å²) < 4.78 is 7.50. The van der Waals surface area contributed by atoms with E-state index < -0.39 is 0 Å². The molecule has 1 aliphatic rings. The van der Waals surface area contributed by atoms with Crippen molar-refractivity contribution in [3.8, 4) is 5.75 Å². The van der Waals surface area contributed by atoms with Crippen LogP contribution in [0.3, 0.4) is 0 Å². The molecule has 1 amide bonds. The average molecular weight is 405 g/mol. The van der Waals surface area contributed by atoms with Gasteiger partial charge in [-0.2, -0.15) is 10.1 Å². The summed E-state index contributed by atoms with van der Waals surface area (Å²) in [6.07, 6.45) is 4.59. The van der Waals surface area contributed by atoms with E-state index in [1.807, 2.05) is 27.8 Å². The van der Waals surface area contributed by atoms with Gasteiger partial charge in [0.15, 0.2) is 0 Å². The first-order valence-electron chi connectivity index (χ1n) is 10.5. The number of methoxy groups -OCH3 is 1. The lowest BCUT2D eigenvalue weighted by Crippen LogP contribution is -2.42. The van der Waals surface area contributed by atoms with Crippen LogP contribution in [0.4, 0.5) is 5.95 Å². The second-order valence-electron chi connectivity index (χ2n) is 7.79. The molecule has 0 aliphatic carbocycles. The average Bonchev–Trinajstić information content (AvgIpc) is 3.26. The minimum absolute atomic E-state index is 0.0693. The monoisotopic (exact) mass is 404 g/mol. The van der Waals surface area contributed by atoms with Gasteiger partial charge in [0.2, 0.25) is 11.9 Å². The molecular weight excluding hydrogens is 376 g/mol. The molecule has 1 aromatic heterocycles. The summed E-state index contributed by atoms with van der Waals surface area (Å²) in [6.45, 7) is 4.17. The van der Waals surface area contributed by atoms with Crippen LogP contribution in [0.25, 0.3) is 0 Å². The second kappa shape index (κ2) is 8.69. The first-order chi connectivity index (χ1) is 14.6. The smallest absolute Gasteiger partial charge is 0.231 e. The molecule has 0 radical (unpaired) electrons. The maximum absolute atomic E-state index is 13.3. The van der Waals surface area contributed by atoms with Gasteiger partial charge in [0, 0.05) is 12.0 Å². The predicted octanol–water partition coefficient (Wildman–Crippen LogP) is 4.85. The van der Waals surface area contributed by atoms with Gasteiger partial charge in [-0.1, -0.05) is 61.4 Å². The summed E-state index contributed by atoms with van der Waals surface area (Å²) in [6, 6.07) is 16.3. The number of hydrogen-bond donors (Lipinski definition) is 0. The number of aryl methyl sites for hydroxylation is 1. The quantitative estimate of drug-likeness (QED) is 0.589. The summed E-state index contributed by atoms with van der Waals surface area (Å²) in [4.78, 5) is 19.6. The van der Waals surface area contributed by atoms with Gasteiger partial charge in [0.1, 0.15) is 12.1 Å². The topological polar surface area (TPSA) is 60.2 Å². The number of anilines is 1. The van der Waals surface area contributed by atoms with Crippen molar-refractivity contribution in [3.05, 3.63) is 71.5 Å². The van der Waals surface area contributed by atoms with E-state index in [4.69, 9.17) is 4.74 Å². The maximum atomic E-state index is 13.3. The third kappa shape index (κ3) is 3.70. The SMILES string of the molecule is CCCCC(=O)N1c2ncnn2[C@H](c2ccccc2OC)C[C@H]1c1ccc(C)cc1. The van der Waals surface area contributed by atoms with E-state index in [1.165, 1.54) is 11.9 Å². The van der Waals surface area contributed by atoms with Crippen molar-refractivity contribution in [2.75, 3.05) is 12.0 Å². The van der Waals surface area contributed by atoms with Crippen molar-refractivity contribution in [1.29, 1.82) is 0 Å². The largest absolute Gasteiger partial charge is 0.496 e. The molecule has 2 heterocycles. The van der Waals surface area contributed by atoms with Gasteiger partial charge >= 0.3 is 0 Å². The van der Waals surface area contributed by atoms with Crippen LogP contribution in [0.5, 0.6) is 5.75 Å². The summed E-state index contributed by atoms with van der Waals surface area (Å²) >= 11 is 0. The van der Waals surface area contributed by atoms with E-state index >= 15 is 0 Å². The molecule has 0 saturated carbocycles. The lowest BCUT2D eigenvalue weighted by Gasteiger charge is -2.39. The maximum Gasteiger partial charge on any atom is 0.231 e. The van der Waals surface area contributed by atoms with Gasteiger partial charge in [0.25, 0.3) is 0 Å². The number of carbonyl (C=O) groups is 1. The van der Waals surface area contributed by atoms with Crippen molar-refractivity contribution in [2.45, 2.75) is 51.6 Å². The molecule has 3 aromatic rings. The summed E-state index contributed by atoms with van der Waals surface area (Å²) in [5.74, 6) is 1.51. The molecule has 0 spiro atoms. The van der Waals surface area contributed by atoms with Crippen molar-refractivity contribution < 1.29 is 9.53 Å². The van der Waals surface area contributed by atoms with Crippen LogP contribution in [-0.4, -0.2) is 27.8 Å². The van der Waals surface area contributed by atoms with Gasteiger partial charge in [-0.25, -0.2) is 4.68 Å². The molecule has 0 saturated heterocycles. The molecule has 1 aliphatic heterocycles. The molecular formula is C24H28N4O2. The number of carbonyl (C=O) groups excluding carboxylic acids is 1. The van der Waals surface area contributed by atoms with E-state index in [2.05, 4.69) is 54.3 Å². The van der Waals surface area contributed by atoms with Crippen molar-refractivity contribution in [1.82, 2.24) is 14.8 Å². The number of ether oxygens (including phenoxy) is 1. The summed E-state index contributed by atoms with van der Waals surface area (Å²) in [5.41, 5.74) is 3.35. The molecule has 0 fully saturated rings. The Balaban J connectivity index is 1.82. The first-order valence-corrected chi connectivity index (χ1v) is 10.5. The standard InChI is InChI=1S/C24H28N4O2/c1-4-5-10-23(29)27-20(18-13-11-17(2)12-14-18)15-21(28-24(27)25-16-26-28)19-8-6-7-9-22(19)30-3/h6-9,11-14,16,20-21H,4-5,10,15H2,1-3H3/t20-,21-/m0/s1. The lowest BCUT2D eigenvalue weighted by molar-refractivity contribution is -0.119. The van der Waals surface area contributed by atoms with Crippen molar-refractivity contribution >= 4 is 11.9 Å². The Bertz CT molecular complexity index is 1010. The number of amides is 1. The minimum Gasteiger partial charge on any atom is -0.496 e. The van der Waals surface area contributed by atoms with Gasteiger partial charge in [-0.15, -0.1) is 0 Å². The zero-order valence-corrected chi connectivity index (χ0v) is 17.8. The van der Waals surface area contributed by atoms with Crippen LogP contribution in [0, 0.1) is 6.92 Å². The normalized spacial score (nSPS) is 18.2. The van der Waals surface area contributed by atoms with E-state index in [-0.39, 0.29) is 18.0 Å². The number of unbranched alkanes of at least 4 members (excludes halogenated alkanes) is 1. The van der Waals surface area contributed by atoms with E-state index in [9.17, 15) is 4.79 Å². The zero-order valence-electron chi connectivity index (χ0n) is 17.8. The fraction of sp³-hybridized carbons (Fsp3) is 0.375. The highest BCUT2D eigenvalue weighted by Crippen LogP contribution is 2.44. The molecule has 0 unspecified atom stereocenters. The highest BCUT2D eigenvalue weighted by atomic mass is 16.5. The summed E-state index contributed by atoms with van der Waals surface area (Å²) in [7, 11) is 1.68. The number of benzene rings is 2. The van der Waals surface area contributed by atoms with E-state index in [0.717, 1.165) is 29.7 Å². The van der Waals surface area contributed by atoms with Crippen LogP contribution >= 0.6 is 0 Å². The highest BCUT2D eigenvalue weighted by Gasteiger charge is 2.39. The zero-order chi connectivity index (χ0) is 21.1. The molecule has 0 N–H and O–H groups in total. The second-order valence-corrected chi connectivity index (χ2v) is 7.79. The first kappa shape index (κ1) is 20.1. The van der Waals surface area contributed by atoms with E-state index in [1.54, 1.807) is 7.11 Å². The van der Waals surface area contributed by atoms with Crippen molar-refractivity contribution in [2.24, 2.45) is 0 Å². The molecule has 2 atom stereocenters. The minimum atomic E-state index is -0.110. The fourth-order valence-corrected chi connectivity index (χ4v) is 4.20. The third-order valence-electron chi connectivity index (χ3n) is 5.80. The van der Waals surface area contributed by atoms with Crippen LogP contribution < -0.4 is 9.64 Å². The Labute approximate surface area is 177 Å². The van der Waals surface area contributed by atoms with Crippen molar-refractivity contribution in [3.63, 3.8) is 0 Å². The van der Waals surface area contributed by atoms with Crippen LogP contribution in [0.15, 0.2) is 54.9 Å². The number of fused-ring (bicyclic) bond motifs is 1. The van der Waals surface area contributed by atoms with Crippen LogP contribution in [-0.2, 0) is 4.79 Å². The molecule has 6 nitrogen and oxygen atoms in total. The molecule has 4 rings (SSSR count). The Morgan fingerprint density at radius 3 is 2.63 bits per heavy atom. The van der Waals surface area contributed by atoms with Crippen LogP contribution in [0.2, 0.25) is 0 Å². The number of rotatable bonds is 6. The number of para-hydroxylation sites is 1. The Hall–Kier alpha value is -3.15. The van der Waals surface area contributed by atoms with Gasteiger partial charge in [0.05, 0.1) is 19.2 Å². The highest BCUT2D eigenvalue weighted by molar-refractivity contribution is 5.92. The Morgan fingerprint density at radius 1 is 1.13 bits per heavy atom. The fourth-order valence-electron chi connectivity index (χ4n) is 4.20. The van der Waals surface area contributed by atoms with Gasteiger partial charge in [-0.05, 0) is 31.4 Å². The third-order valence-corrected chi connectivity index (χ3v) is 5.80. The number of aromatic nitrogens is 3. The van der Waals surface area contributed by atoms with Crippen LogP contribution in [0.1, 0.15) is 61.4 Å². The molecule has 156 valence electrons. The van der Waals surface area contributed by atoms with Gasteiger partial charge in [-0.3, -0.25) is 9.69 Å². The molecule has 0 bridgehead atoms. The lowest BCUT2D eigenvalue weighted by atomic mass is 9.91. The Kier molecular flexibility index (Phi) is 5.84. The van der Waals surface area contributed by atoms with Gasteiger partial charge < -0.3 is 4.74 Å². The Morgan fingerprint density at radius 2 is 1.90 bits per heavy atom. The number of hydrogen-bond acceptors (Lipinski definition) is 4. The predicted molar refractivity (Wildman–Crippen MR) is 117 cm³/mol.